The van der Waals surface area contributed by atoms with Crippen molar-refractivity contribution in [1.29, 1.82) is 0 Å². The molecule has 0 unspecified atom stereocenters. The zero-order valence-electron chi connectivity index (χ0n) is 7.63. The molecule has 5 nitrogen and oxygen atoms in total. The summed E-state index contributed by atoms with van der Waals surface area (Å²) >= 11 is 3.19. The number of methoxy groups -OCH3 is 1. The molecule has 0 saturated carbocycles. The Kier molecular flexibility index (Phi) is 3.70. The third-order valence-corrected chi connectivity index (χ3v) is 1.74. The predicted molar refractivity (Wildman–Crippen MR) is 58.0 cm³/mol. The first-order chi connectivity index (χ1) is 6.65. The van der Waals surface area contributed by atoms with Gasteiger partial charge >= 0.3 is 0 Å². The van der Waals surface area contributed by atoms with Crippen LogP contribution in [0.5, 0.6) is 5.75 Å². The van der Waals surface area contributed by atoms with Crippen molar-refractivity contribution in [2.24, 2.45) is 0 Å². The molecule has 1 aromatic rings. The molecule has 0 radical (unpaired) electrons. The monoisotopic (exact) mass is 259 g/mol. The number of ether oxygens (including phenoxy) is 1. The molecule has 0 aromatic carbocycles. The van der Waals surface area contributed by atoms with Crippen LogP contribution in [0.2, 0.25) is 0 Å². The molecule has 0 amide bonds. The van der Waals surface area contributed by atoms with Crippen LogP contribution in [0.4, 0.5) is 5.82 Å². The fraction of sp³-hybridized carbons (Fsp3) is 0.250. The molecule has 1 heterocycles. The molecule has 2 N–H and O–H groups in total. The molecule has 0 aliphatic rings. The number of nitrogens with one attached hydrogen (secondary N) is 2. The zero-order valence-corrected chi connectivity index (χ0v) is 9.22. The molecule has 76 valence electrons. The lowest BCUT2D eigenvalue weighted by atomic mass is 10.5. The zero-order chi connectivity index (χ0) is 10.6. The van der Waals surface area contributed by atoms with Gasteiger partial charge in [-0.3, -0.25) is 4.79 Å². The molecule has 0 atom stereocenters. The summed E-state index contributed by atoms with van der Waals surface area (Å²) in [5.41, 5.74) is -0.315. The molecule has 0 bridgehead atoms. The van der Waals surface area contributed by atoms with Crippen LogP contribution in [0.1, 0.15) is 0 Å². The molecule has 0 fully saturated rings. The van der Waals surface area contributed by atoms with Crippen LogP contribution >= 0.6 is 15.9 Å². The number of nitrogens with zero attached hydrogens (tertiary/aromatic N) is 1. The van der Waals surface area contributed by atoms with E-state index in [0.29, 0.717) is 12.4 Å². The quantitative estimate of drug-likeness (QED) is 0.850. The van der Waals surface area contributed by atoms with Crippen molar-refractivity contribution in [3.63, 3.8) is 0 Å². The van der Waals surface area contributed by atoms with E-state index in [-0.39, 0.29) is 11.3 Å². The van der Waals surface area contributed by atoms with Crippen LogP contribution in [-0.4, -0.2) is 23.6 Å². The summed E-state index contributed by atoms with van der Waals surface area (Å²) < 4.78 is 5.66. The Morgan fingerprint density at radius 1 is 1.86 bits per heavy atom. The fourth-order valence-electron chi connectivity index (χ4n) is 0.882. The normalized spacial score (nSPS) is 9.57. The van der Waals surface area contributed by atoms with E-state index in [2.05, 4.69) is 37.8 Å². The van der Waals surface area contributed by atoms with Gasteiger partial charge < -0.3 is 15.0 Å². The Hall–Kier alpha value is -1.30. The minimum atomic E-state index is -0.315. The summed E-state index contributed by atoms with van der Waals surface area (Å²) in [6, 6.07) is 0. The van der Waals surface area contributed by atoms with Gasteiger partial charge in [0.2, 0.25) is 5.75 Å². The van der Waals surface area contributed by atoms with Crippen molar-refractivity contribution in [2.75, 3.05) is 19.0 Å². The Morgan fingerprint density at radius 3 is 3.14 bits per heavy atom. The van der Waals surface area contributed by atoms with Gasteiger partial charge in [0.1, 0.15) is 0 Å². The first-order valence-electron chi connectivity index (χ1n) is 3.84. The van der Waals surface area contributed by atoms with Gasteiger partial charge in [-0.1, -0.05) is 22.5 Å². The van der Waals surface area contributed by atoms with E-state index in [9.17, 15) is 4.79 Å². The van der Waals surface area contributed by atoms with E-state index in [4.69, 9.17) is 4.74 Å². The van der Waals surface area contributed by atoms with E-state index in [1.54, 1.807) is 0 Å². The van der Waals surface area contributed by atoms with Gasteiger partial charge in [0.05, 0.1) is 13.4 Å². The molecule has 1 aromatic heterocycles. The van der Waals surface area contributed by atoms with Gasteiger partial charge in [-0.25, -0.2) is 4.98 Å². The van der Waals surface area contributed by atoms with Crippen molar-refractivity contribution in [3.05, 3.63) is 27.7 Å². The number of aromatic amines is 1. The number of rotatable bonds is 4. The minimum Gasteiger partial charge on any atom is -0.489 e. The Morgan fingerprint density at radius 2 is 2.57 bits per heavy atom. The molecular formula is C8H10BrN3O2. The van der Waals surface area contributed by atoms with Gasteiger partial charge in [-0.15, -0.1) is 0 Å². The highest BCUT2D eigenvalue weighted by Crippen LogP contribution is 2.15. The molecule has 6 heteroatoms. The summed E-state index contributed by atoms with van der Waals surface area (Å²) in [6.45, 7) is 4.13. The fourth-order valence-corrected chi connectivity index (χ4v) is 1.02. The van der Waals surface area contributed by atoms with Gasteiger partial charge in [0.15, 0.2) is 5.82 Å². The lowest BCUT2D eigenvalue weighted by molar-refractivity contribution is 0.408. The maximum Gasteiger partial charge on any atom is 0.295 e. The number of aromatic nitrogens is 2. The van der Waals surface area contributed by atoms with Crippen LogP contribution in [0.15, 0.2) is 22.2 Å². The molecule has 0 saturated heterocycles. The minimum absolute atomic E-state index is 0.168. The highest BCUT2D eigenvalue weighted by Gasteiger charge is 2.07. The summed E-state index contributed by atoms with van der Waals surface area (Å²) in [6.07, 6.45) is 1.31. The van der Waals surface area contributed by atoms with E-state index in [1.165, 1.54) is 13.4 Å². The molecular weight excluding hydrogens is 250 g/mol. The maximum absolute atomic E-state index is 11.2. The number of halogens is 1. The van der Waals surface area contributed by atoms with Crippen LogP contribution in [-0.2, 0) is 0 Å². The van der Waals surface area contributed by atoms with E-state index < -0.39 is 0 Å². The lowest BCUT2D eigenvalue weighted by Gasteiger charge is -2.07. The summed E-state index contributed by atoms with van der Waals surface area (Å²) in [7, 11) is 1.42. The second-order valence-electron chi connectivity index (χ2n) is 2.48. The SMILES string of the molecule is C=C(Br)CNc1nc[nH]c(=O)c1OC. The summed E-state index contributed by atoms with van der Waals surface area (Å²) in [4.78, 5) is 17.6. The highest BCUT2D eigenvalue weighted by molar-refractivity contribution is 9.11. The highest BCUT2D eigenvalue weighted by atomic mass is 79.9. The Labute approximate surface area is 89.3 Å². The van der Waals surface area contributed by atoms with E-state index in [0.717, 1.165) is 4.48 Å². The Balaban J connectivity index is 2.90. The van der Waals surface area contributed by atoms with E-state index >= 15 is 0 Å². The van der Waals surface area contributed by atoms with Crippen molar-refractivity contribution < 1.29 is 4.74 Å². The van der Waals surface area contributed by atoms with Crippen LogP contribution in [0.25, 0.3) is 0 Å². The smallest absolute Gasteiger partial charge is 0.295 e. The van der Waals surface area contributed by atoms with Gasteiger partial charge in [0, 0.05) is 11.0 Å². The Bertz CT molecular complexity index is 388. The van der Waals surface area contributed by atoms with Crippen LogP contribution in [0, 0.1) is 0 Å². The standard InChI is InChI=1S/C8H10BrN3O2/c1-5(9)3-10-7-6(14-2)8(13)12-4-11-7/h4H,1,3H2,2H3,(H2,10,11,12,13). The molecule has 1 rings (SSSR count). The average molecular weight is 260 g/mol. The predicted octanol–water partition coefficient (Wildman–Crippen LogP) is 1.10. The summed E-state index contributed by atoms with van der Waals surface area (Å²) in [5.74, 6) is 0.568. The molecule has 0 aliphatic heterocycles. The van der Waals surface area contributed by atoms with Crippen molar-refractivity contribution >= 4 is 21.7 Å². The number of anilines is 1. The maximum atomic E-state index is 11.2. The van der Waals surface area contributed by atoms with E-state index in [1.807, 2.05) is 0 Å². The lowest BCUT2D eigenvalue weighted by Crippen LogP contribution is -2.14. The molecule has 14 heavy (non-hydrogen) atoms. The summed E-state index contributed by atoms with van der Waals surface area (Å²) in [5, 5.41) is 2.90. The number of hydrogen-bond donors (Lipinski definition) is 2. The third kappa shape index (κ3) is 2.59. The topological polar surface area (TPSA) is 67.0 Å². The average Bonchev–Trinajstić information content (AvgIpc) is 2.14. The largest absolute Gasteiger partial charge is 0.489 e. The van der Waals surface area contributed by atoms with Gasteiger partial charge in [0.25, 0.3) is 5.56 Å². The van der Waals surface area contributed by atoms with Crippen molar-refractivity contribution in [2.45, 2.75) is 0 Å². The van der Waals surface area contributed by atoms with Crippen LogP contribution in [0.3, 0.4) is 0 Å². The van der Waals surface area contributed by atoms with Crippen molar-refractivity contribution in [3.8, 4) is 5.75 Å². The van der Waals surface area contributed by atoms with Gasteiger partial charge in [-0.2, -0.15) is 0 Å². The molecule has 0 aliphatic carbocycles. The second-order valence-corrected chi connectivity index (χ2v) is 3.61. The number of H-pyrrole nitrogens is 1. The van der Waals surface area contributed by atoms with Gasteiger partial charge in [-0.05, 0) is 0 Å². The second kappa shape index (κ2) is 4.80. The van der Waals surface area contributed by atoms with Crippen molar-refractivity contribution in [1.82, 2.24) is 9.97 Å². The van der Waals surface area contributed by atoms with Crippen LogP contribution < -0.4 is 15.6 Å². The first-order valence-corrected chi connectivity index (χ1v) is 4.63. The first kappa shape index (κ1) is 10.8. The number of hydrogen-bond acceptors (Lipinski definition) is 4. The molecule has 0 spiro atoms. The third-order valence-electron chi connectivity index (χ3n) is 1.46.